The van der Waals surface area contributed by atoms with Gasteiger partial charge in [-0.15, -0.1) is 0 Å². The highest BCUT2D eigenvalue weighted by atomic mass is 32.2. The van der Waals surface area contributed by atoms with E-state index in [-0.39, 0.29) is 31.0 Å². The van der Waals surface area contributed by atoms with Crippen molar-refractivity contribution in [2.45, 2.75) is 12.8 Å². The molecule has 10 heteroatoms. The predicted octanol–water partition coefficient (Wildman–Crippen LogP) is 2.87. The third kappa shape index (κ3) is 5.87. The van der Waals surface area contributed by atoms with Gasteiger partial charge in [-0.25, -0.2) is 17.2 Å². The molecule has 0 radical (unpaired) electrons. The molecule has 0 saturated carbocycles. The topological polar surface area (TPSA) is 70.2 Å². The molecule has 0 unspecified atom stereocenters. The molecule has 1 fully saturated rings. The van der Waals surface area contributed by atoms with E-state index in [0.29, 0.717) is 26.2 Å². The fraction of sp³-hybridized carbons (Fsp3) is 0.409. The number of benzene rings is 2. The molecule has 174 valence electrons. The molecule has 1 saturated heterocycles. The monoisotopic (exact) mass is 467 g/mol. The Morgan fingerprint density at radius 3 is 2.25 bits per heavy atom. The van der Waals surface area contributed by atoms with E-state index in [0.717, 1.165) is 34.1 Å². The normalized spacial score (nSPS) is 14.4. The van der Waals surface area contributed by atoms with Crippen molar-refractivity contribution in [1.82, 2.24) is 4.90 Å². The lowest BCUT2D eigenvalue weighted by atomic mass is 10.2. The highest BCUT2D eigenvalue weighted by molar-refractivity contribution is 7.92. The zero-order valence-corrected chi connectivity index (χ0v) is 18.9. The minimum Gasteiger partial charge on any atom is -0.497 e. The molecular formula is C22H27F2N3O4S. The van der Waals surface area contributed by atoms with Gasteiger partial charge in [-0.05, 0) is 42.8 Å². The Morgan fingerprint density at radius 1 is 1.03 bits per heavy atom. The van der Waals surface area contributed by atoms with Crippen molar-refractivity contribution >= 4 is 27.3 Å². The van der Waals surface area contributed by atoms with Gasteiger partial charge in [0.25, 0.3) is 0 Å². The fourth-order valence-electron chi connectivity index (χ4n) is 3.67. The summed E-state index contributed by atoms with van der Waals surface area (Å²) in [6.07, 6.45) is 1.43. The Kier molecular flexibility index (Phi) is 7.55. The Morgan fingerprint density at radius 2 is 1.69 bits per heavy atom. The number of ether oxygens (including phenoxy) is 1. The summed E-state index contributed by atoms with van der Waals surface area (Å²) in [6, 6.07) is 10.7. The van der Waals surface area contributed by atoms with Crippen LogP contribution in [-0.2, 0) is 14.8 Å². The van der Waals surface area contributed by atoms with Gasteiger partial charge in [-0.2, -0.15) is 0 Å². The minimum atomic E-state index is -3.71. The number of hydrogen-bond donors (Lipinski definition) is 0. The van der Waals surface area contributed by atoms with Crippen LogP contribution in [0.25, 0.3) is 0 Å². The van der Waals surface area contributed by atoms with Crippen LogP contribution in [0.1, 0.15) is 12.8 Å². The second-order valence-electron chi connectivity index (χ2n) is 7.60. The molecule has 0 atom stereocenters. The fourth-order valence-corrected chi connectivity index (χ4v) is 4.62. The number of rotatable bonds is 8. The number of carbonyl (C=O) groups is 1. The van der Waals surface area contributed by atoms with Gasteiger partial charge in [0.15, 0.2) is 11.6 Å². The highest BCUT2D eigenvalue weighted by Gasteiger charge is 2.23. The Bertz CT molecular complexity index is 1040. The van der Waals surface area contributed by atoms with Gasteiger partial charge >= 0.3 is 0 Å². The third-order valence-corrected chi connectivity index (χ3v) is 6.61. The van der Waals surface area contributed by atoms with Gasteiger partial charge in [0, 0.05) is 50.9 Å². The van der Waals surface area contributed by atoms with E-state index < -0.39 is 21.7 Å². The molecule has 1 aliphatic heterocycles. The predicted molar refractivity (Wildman–Crippen MR) is 120 cm³/mol. The van der Waals surface area contributed by atoms with E-state index >= 15 is 0 Å². The SMILES string of the molecule is COc1ccc(N2CCN(C(=O)CCCN(c3ccc(F)c(F)c3)S(C)(=O)=O)CC2)cc1. The second-order valence-corrected chi connectivity index (χ2v) is 9.51. The van der Waals surface area contributed by atoms with Crippen LogP contribution >= 0.6 is 0 Å². The number of sulfonamides is 1. The number of piperazine rings is 1. The van der Waals surface area contributed by atoms with Gasteiger partial charge in [0.1, 0.15) is 5.75 Å². The van der Waals surface area contributed by atoms with E-state index in [2.05, 4.69) is 4.90 Å². The maximum atomic E-state index is 13.5. The van der Waals surface area contributed by atoms with Crippen molar-refractivity contribution in [2.75, 3.05) is 55.3 Å². The number of amides is 1. The van der Waals surface area contributed by atoms with Crippen LogP contribution in [-0.4, -0.2) is 65.3 Å². The molecule has 0 aliphatic carbocycles. The molecule has 0 bridgehead atoms. The third-order valence-electron chi connectivity index (χ3n) is 5.41. The summed E-state index contributed by atoms with van der Waals surface area (Å²) >= 11 is 0. The van der Waals surface area contributed by atoms with E-state index in [1.807, 2.05) is 24.3 Å². The molecule has 32 heavy (non-hydrogen) atoms. The lowest BCUT2D eigenvalue weighted by molar-refractivity contribution is -0.131. The molecule has 1 aliphatic rings. The zero-order valence-electron chi connectivity index (χ0n) is 18.1. The lowest BCUT2D eigenvalue weighted by Crippen LogP contribution is -2.48. The summed E-state index contributed by atoms with van der Waals surface area (Å²) in [4.78, 5) is 16.6. The maximum Gasteiger partial charge on any atom is 0.232 e. The van der Waals surface area contributed by atoms with Crippen molar-refractivity contribution in [2.24, 2.45) is 0 Å². The van der Waals surface area contributed by atoms with Crippen LogP contribution < -0.4 is 13.9 Å². The van der Waals surface area contributed by atoms with Gasteiger partial charge < -0.3 is 14.5 Å². The molecule has 0 spiro atoms. The summed E-state index contributed by atoms with van der Waals surface area (Å²) in [7, 11) is -2.09. The van der Waals surface area contributed by atoms with Crippen molar-refractivity contribution in [1.29, 1.82) is 0 Å². The molecule has 0 aromatic heterocycles. The average molecular weight is 468 g/mol. The van der Waals surface area contributed by atoms with E-state index in [1.54, 1.807) is 12.0 Å². The summed E-state index contributed by atoms with van der Waals surface area (Å²) in [5.41, 5.74) is 1.10. The molecule has 7 nitrogen and oxygen atoms in total. The molecule has 1 amide bonds. The van der Waals surface area contributed by atoms with E-state index in [4.69, 9.17) is 4.74 Å². The van der Waals surface area contributed by atoms with Crippen molar-refractivity contribution in [3.63, 3.8) is 0 Å². The summed E-state index contributed by atoms with van der Waals surface area (Å²) in [5.74, 6) is -1.44. The van der Waals surface area contributed by atoms with Gasteiger partial charge in [0.2, 0.25) is 15.9 Å². The quantitative estimate of drug-likeness (QED) is 0.597. The van der Waals surface area contributed by atoms with Crippen LogP contribution in [0.2, 0.25) is 0 Å². The minimum absolute atomic E-state index is 0.00145. The number of nitrogens with zero attached hydrogens (tertiary/aromatic N) is 3. The van der Waals surface area contributed by atoms with Crippen LogP contribution in [0, 0.1) is 11.6 Å². The standard InChI is InChI=1S/C22H27F2N3O4S/c1-31-19-8-5-17(6-9-19)25-12-14-26(15-13-25)22(28)4-3-11-27(32(2,29)30)18-7-10-20(23)21(24)16-18/h5-10,16H,3-4,11-15H2,1-2H3. The van der Waals surface area contributed by atoms with Crippen LogP contribution in [0.4, 0.5) is 20.2 Å². The molecule has 2 aromatic carbocycles. The van der Waals surface area contributed by atoms with Crippen LogP contribution in [0.3, 0.4) is 0 Å². The Labute approximate surface area is 187 Å². The van der Waals surface area contributed by atoms with Crippen molar-refractivity contribution in [3.8, 4) is 5.75 Å². The first-order valence-electron chi connectivity index (χ1n) is 10.3. The number of hydrogen-bond acceptors (Lipinski definition) is 5. The zero-order chi connectivity index (χ0) is 23.3. The number of anilines is 2. The van der Waals surface area contributed by atoms with Crippen molar-refractivity contribution < 1.29 is 26.7 Å². The summed E-state index contributed by atoms with van der Waals surface area (Å²) in [5, 5.41) is 0. The first kappa shape index (κ1) is 23.8. The smallest absolute Gasteiger partial charge is 0.232 e. The summed E-state index contributed by atoms with van der Waals surface area (Å²) in [6.45, 7) is 2.54. The summed E-state index contributed by atoms with van der Waals surface area (Å²) < 4.78 is 57.1. The first-order chi connectivity index (χ1) is 15.2. The molecule has 3 rings (SSSR count). The number of methoxy groups -OCH3 is 1. The molecular weight excluding hydrogens is 440 g/mol. The second kappa shape index (κ2) is 10.2. The Balaban J connectivity index is 1.52. The molecule has 1 heterocycles. The number of halogens is 2. The largest absolute Gasteiger partial charge is 0.497 e. The number of carbonyl (C=O) groups excluding carboxylic acids is 1. The molecule has 2 aromatic rings. The van der Waals surface area contributed by atoms with Crippen LogP contribution in [0.15, 0.2) is 42.5 Å². The van der Waals surface area contributed by atoms with Gasteiger partial charge in [0.05, 0.1) is 19.1 Å². The maximum absolute atomic E-state index is 13.5. The Hall–Kier alpha value is -2.88. The first-order valence-corrected chi connectivity index (χ1v) is 12.1. The van der Waals surface area contributed by atoms with Gasteiger partial charge in [-0.3, -0.25) is 9.10 Å². The van der Waals surface area contributed by atoms with E-state index in [9.17, 15) is 22.0 Å². The molecule has 0 N–H and O–H groups in total. The van der Waals surface area contributed by atoms with E-state index in [1.165, 1.54) is 6.07 Å². The highest BCUT2D eigenvalue weighted by Crippen LogP contribution is 2.22. The average Bonchev–Trinajstić information content (AvgIpc) is 2.78. The lowest BCUT2D eigenvalue weighted by Gasteiger charge is -2.36. The van der Waals surface area contributed by atoms with Crippen molar-refractivity contribution in [3.05, 3.63) is 54.1 Å². The van der Waals surface area contributed by atoms with Crippen LogP contribution in [0.5, 0.6) is 5.75 Å². The van der Waals surface area contributed by atoms with Gasteiger partial charge in [-0.1, -0.05) is 0 Å².